The largest absolute Gasteiger partial charge is 0.361 e. The highest BCUT2D eigenvalue weighted by molar-refractivity contribution is 8.11. The number of nitrogens with one attached hydrogen (secondary N) is 1. The quantitative estimate of drug-likeness (QED) is 0.608. The highest BCUT2D eigenvalue weighted by Gasteiger charge is 2.12. The van der Waals surface area contributed by atoms with Gasteiger partial charge < -0.3 is 4.98 Å². The van der Waals surface area contributed by atoms with Crippen molar-refractivity contribution in [2.24, 2.45) is 0 Å². The van der Waals surface area contributed by atoms with Gasteiger partial charge in [-0.2, -0.15) is 0 Å². The molecule has 1 unspecified atom stereocenters. The van der Waals surface area contributed by atoms with Crippen LogP contribution in [0.2, 0.25) is 0 Å². The van der Waals surface area contributed by atoms with Gasteiger partial charge in [-0.05, 0) is 29.5 Å². The molecule has 1 N–H and O–H groups in total. The molecule has 0 spiro atoms. The van der Waals surface area contributed by atoms with Crippen LogP contribution in [0.5, 0.6) is 0 Å². The predicted molar refractivity (Wildman–Crippen MR) is 72.9 cm³/mol. The van der Waals surface area contributed by atoms with Crippen LogP contribution >= 0.6 is 24.8 Å². The van der Waals surface area contributed by atoms with E-state index in [2.05, 4.69) is 48.8 Å². The Balaban J connectivity index is 2.46. The van der Waals surface area contributed by atoms with E-state index in [0.29, 0.717) is 0 Å². The number of thiocarbonyl (C=S) groups is 1. The highest BCUT2D eigenvalue weighted by atomic mass is 32.1. The Labute approximate surface area is 100 Å². The van der Waals surface area contributed by atoms with E-state index in [9.17, 15) is 0 Å². The van der Waals surface area contributed by atoms with E-state index in [4.69, 9.17) is 12.2 Å². The molecule has 2 aromatic rings. The molecule has 0 aliphatic rings. The van der Waals surface area contributed by atoms with Crippen molar-refractivity contribution in [2.45, 2.75) is 19.3 Å². The van der Waals surface area contributed by atoms with Gasteiger partial charge in [-0.25, -0.2) is 0 Å². The number of aromatic nitrogens is 1. The molecular weight excluding hydrogens is 222 g/mol. The molecule has 1 heterocycles. The van der Waals surface area contributed by atoms with Gasteiger partial charge >= 0.3 is 0 Å². The van der Waals surface area contributed by atoms with E-state index >= 15 is 0 Å². The summed E-state index contributed by atoms with van der Waals surface area (Å²) < 4.78 is 0.767. The van der Waals surface area contributed by atoms with Gasteiger partial charge in [-0.1, -0.05) is 31.3 Å². The topological polar surface area (TPSA) is 15.8 Å². The number of thiol groups is 1. The predicted octanol–water partition coefficient (Wildman–Crippen LogP) is 3.92. The summed E-state index contributed by atoms with van der Waals surface area (Å²) in [5.74, 6) is 0.274. The van der Waals surface area contributed by atoms with Gasteiger partial charge in [0, 0.05) is 17.6 Å². The Hall–Kier alpha value is -0.800. The molecule has 78 valence electrons. The smallest absolute Gasteiger partial charge is 0.0522 e. The van der Waals surface area contributed by atoms with Gasteiger partial charge in [0.15, 0.2) is 0 Å². The Morgan fingerprint density at radius 3 is 2.93 bits per heavy atom. The highest BCUT2D eigenvalue weighted by Crippen LogP contribution is 2.26. The van der Waals surface area contributed by atoms with Crippen molar-refractivity contribution in [2.75, 3.05) is 0 Å². The van der Waals surface area contributed by atoms with E-state index < -0.39 is 0 Å². The Kier molecular flexibility index (Phi) is 3.12. The van der Waals surface area contributed by atoms with Gasteiger partial charge in [-0.3, -0.25) is 0 Å². The summed E-state index contributed by atoms with van der Waals surface area (Å²) in [6.07, 6.45) is 2.95. The fourth-order valence-electron chi connectivity index (χ4n) is 1.84. The molecule has 0 radical (unpaired) electrons. The summed E-state index contributed by atoms with van der Waals surface area (Å²) in [5.41, 5.74) is 2.41. The van der Waals surface area contributed by atoms with Crippen LogP contribution in [0.4, 0.5) is 0 Å². The summed E-state index contributed by atoms with van der Waals surface area (Å²) >= 11 is 9.44. The molecule has 1 atom stereocenters. The molecule has 2 rings (SSSR count). The zero-order chi connectivity index (χ0) is 10.8. The minimum atomic E-state index is 0.274. The van der Waals surface area contributed by atoms with Crippen molar-refractivity contribution >= 4 is 39.9 Å². The molecule has 15 heavy (non-hydrogen) atoms. The maximum absolute atomic E-state index is 5.15. The number of benzene rings is 1. The lowest BCUT2D eigenvalue weighted by atomic mass is 9.97. The Morgan fingerprint density at radius 1 is 1.47 bits per heavy atom. The number of hydrogen-bond acceptors (Lipinski definition) is 1. The van der Waals surface area contributed by atoms with Gasteiger partial charge in [0.25, 0.3) is 0 Å². The average molecular weight is 235 g/mol. The van der Waals surface area contributed by atoms with Gasteiger partial charge in [0.05, 0.1) is 4.20 Å². The first-order valence-corrected chi connectivity index (χ1v) is 5.87. The number of H-pyrrole nitrogens is 1. The first kappa shape index (κ1) is 10.7. The molecule has 0 fully saturated rings. The normalized spacial score (nSPS) is 12.9. The molecule has 0 saturated carbocycles. The maximum Gasteiger partial charge on any atom is 0.0522 e. The summed E-state index contributed by atoms with van der Waals surface area (Å²) in [6.45, 7) is 2.13. The van der Waals surface area contributed by atoms with Crippen LogP contribution in [0, 0.1) is 0 Å². The van der Waals surface area contributed by atoms with Crippen molar-refractivity contribution < 1.29 is 0 Å². The van der Waals surface area contributed by atoms with Crippen LogP contribution in [0.3, 0.4) is 0 Å². The van der Waals surface area contributed by atoms with E-state index in [-0.39, 0.29) is 5.92 Å². The Bertz CT molecular complexity index is 487. The third kappa shape index (κ3) is 2.08. The van der Waals surface area contributed by atoms with Crippen LogP contribution in [-0.4, -0.2) is 9.18 Å². The summed E-state index contributed by atoms with van der Waals surface area (Å²) in [4.78, 5) is 3.21. The van der Waals surface area contributed by atoms with Crippen molar-refractivity contribution in [1.29, 1.82) is 0 Å². The van der Waals surface area contributed by atoms with Gasteiger partial charge in [0.1, 0.15) is 0 Å². The van der Waals surface area contributed by atoms with Crippen LogP contribution in [0.25, 0.3) is 10.9 Å². The average Bonchev–Trinajstić information content (AvgIpc) is 2.65. The van der Waals surface area contributed by atoms with E-state index in [0.717, 1.165) is 16.1 Å². The summed E-state index contributed by atoms with van der Waals surface area (Å²) in [7, 11) is 0. The third-order valence-electron chi connectivity index (χ3n) is 2.69. The molecule has 0 aliphatic heterocycles. The molecule has 0 bridgehead atoms. The zero-order valence-corrected chi connectivity index (χ0v) is 10.2. The number of hydrogen-bond donors (Lipinski definition) is 2. The van der Waals surface area contributed by atoms with Gasteiger partial charge in [0.2, 0.25) is 0 Å². The second kappa shape index (κ2) is 4.37. The standard InChI is InChI=1S/C12H13NS2/c1-2-10(12(14)15)9-4-3-8-5-6-13-11(8)7-9/h3-7,10,13H,2H2,1H3,(H,14,15). The zero-order valence-electron chi connectivity index (χ0n) is 8.53. The Morgan fingerprint density at radius 2 is 2.27 bits per heavy atom. The number of fused-ring (bicyclic) bond motifs is 1. The molecule has 3 heteroatoms. The van der Waals surface area contributed by atoms with E-state index in [1.54, 1.807) is 0 Å². The molecule has 0 saturated heterocycles. The van der Waals surface area contributed by atoms with Crippen molar-refractivity contribution in [1.82, 2.24) is 4.98 Å². The fourth-order valence-corrected chi connectivity index (χ4v) is 2.47. The minimum Gasteiger partial charge on any atom is -0.361 e. The lowest BCUT2D eigenvalue weighted by Crippen LogP contribution is -2.03. The second-order valence-corrected chi connectivity index (χ2v) is 4.85. The summed E-state index contributed by atoms with van der Waals surface area (Å²) in [5, 5.41) is 1.23. The van der Waals surface area contributed by atoms with Crippen LogP contribution in [-0.2, 0) is 0 Å². The lowest BCUT2D eigenvalue weighted by molar-refractivity contribution is 0.865. The molecular formula is C12H13NS2. The van der Waals surface area contributed by atoms with E-state index in [1.807, 2.05) is 6.20 Å². The van der Waals surface area contributed by atoms with Crippen molar-refractivity contribution in [3.05, 3.63) is 36.0 Å². The lowest BCUT2D eigenvalue weighted by Gasteiger charge is -2.13. The third-order valence-corrected chi connectivity index (χ3v) is 3.28. The molecule has 1 aromatic heterocycles. The van der Waals surface area contributed by atoms with Crippen LogP contribution in [0.15, 0.2) is 30.5 Å². The monoisotopic (exact) mass is 235 g/mol. The van der Waals surface area contributed by atoms with Gasteiger partial charge in [-0.15, -0.1) is 12.6 Å². The molecule has 0 aliphatic carbocycles. The van der Waals surface area contributed by atoms with Crippen LogP contribution in [0.1, 0.15) is 24.8 Å². The first-order chi connectivity index (χ1) is 7.22. The SMILES string of the molecule is CCC(C(=S)S)c1ccc2cc[nH]c2c1. The summed E-state index contributed by atoms with van der Waals surface area (Å²) in [6, 6.07) is 8.48. The number of aromatic amines is 1. The van der Waals surface area contributed by atoms with Crippen molar-refractivity contribution in [3.63, 3.8) is 0 Å². The second-order valence-electron chi connectivity index (χ2n) is 3.62. The van der Waals surface area contributed by atoms with Crippen molar-refractivity contribution in [3.8, 4) is 0 Å². The minimum absolute atomic E-state index is 0.274. The fraction of sp³-hybridized carbons (Fsp3) is 0.250. The van der Waals surface area contributed by atoms with Crippen LogP contribution < -0.4 is 0 Å². The molecule has 1 nitrogen and oxygen atoms in total. The molecule has 1 aromatic carbocycles. The molecule has 0 amide bonds. The number of rotatable bonds is 3. The maximum atomic E-state index is 5.15. The first-order valence-electron chi connectivity index (χ1n) is 5.02. The van der Waals surface area contributed by atoms with E-state index in [1.165, 1.54) is 10.9 Å².